The standard InChI is InChI=1S/C24H22N4O3S/c1-2-20(18-10-6-14-25-16-18)27-24(29)19-11-3-4-12-21(19)28-32(30,31)22-13-5-8-17-9-7-15-26-23(17)22/h3-16,20,28H,2H2,1H3,(H,27,29). The quantitative estimate of drug-likeness (QED) is 0.440. The molecule has 0 saturated heterocycles. The van der Waals surface area contributed by atoms with Crippen LogP contribution in [-0.4, -0.2) is 24.3 Å². The molecule has 162 valence electrons. The van der Waals surface area contributed by atoms with Gasteiger partial charge in [-0.2, -0.15) is 0 Å². The summed E-state index contributed by atoms with van der Waals surface area (Å²) >= 11 is 0. The maximum atomic E-state index is 13.2. The Hall–Kier alpha value is -3.78. The first-order valence-corrected chi connectivity index (χ1v) is 11.6. The van der Waals surface area contributed by atoms with Crippen LogP contribution in [0.4, 0.5) is 5.69 Å². The van der Waals surface area contributed by atoms with Crippen LogP contribution in [0.25, 0.3) is 10.9 Å². The summed E-state index contributed by atoms with van der Waals surface area (Å²) in [6, 6.07) is 18.5. The van der Waals surface area contributed by atoms with Crippen LogP contribution in [0.3, 0.4) is 0 Å². The van der Waals surface area contributed by atoms with Crippen molar-refractivity contribution in [2.24, 2.45) is 0 Å². The lowest BCUT2D eigenvalue weighted by atomic mass is 10.1. The molecule has 0 radical (unpaired) electrons. The number of nitrogens with one attached hydrogen (secondary N) is 2. The molecule has 1 amide bonds. The number of hydrogen-bond donors (Lipinski definition) is 2. The van der Waals surface area contributed by atoms with Crippen molar-refractivity contribution < 1.29 is 13.2 Å². The number of nitrogens with zero attached hydrogens (tertiary/aromatic N) is 2. The van der Waals surface area contributed by atoms with Crippen molar-refractivity contribution in [2.45, 2.75) is 24.3 Å². The van der Waals surface area contributed by atoms with Crippen molar-refractivity contribution in [3.8, 4) is 0 Å². The Morgan fingerprint density at radius 2 is 1.75 bits per heavy atom. The summed E-state index contributed by atoms with van der Waals surface area (Å²) in [6.07, 6.45) is 5.58. The zero-order valence-corrected chi connectivity index (χ0v) is 18.2. The van der Waals surface area contributed by atoms with Crippen molar-refractivity contribution in [2.75, 3.05) is 4.72 Å². The van der Waals surface area contributed by atoms with Gasteiger partial charge in [-0.05, 0) is 42.3 Å². The fourth-order valence-electron chi connectivity index (χ4n) is 3.50. The van der Waals surface area contributed by atoms with Crippen molar-refractivity contribution in [3.63, 3.8) is 0 Å². The normalized spacial score (nSPS) is 12.3. The van der Waals surface area contributed by atoms with Crippen LogP contribution in [0.2, 0.25) is 0 Å². The molecule has 2 heterocycles. The number of rotatable bonds is 7. The Kier molecular flexibility index (Phi) is 6.13. The van der Waals surface area contributed by atoms with Crippen molar-refractivity contribution in [1.29, 1.82) is 0 Å². The monoisotopic (exact) mass is 446 g/mol. The van der Waals surface area contributed by atoms with E-state index >= 15 is 0 Å². The topological polar surface area (TPSA) is 101 Å². The summed E-state index contributed by atoms with van der Waals surface area (Å²) in [5, 5.41) is 3.68. The molecule has 0 saturated carbocycles. The molecule has 4 rings (SSSR count). The first-order chi connectivity index (χ1) is 15.5. The van der Waals surface area contributed by atoms with Gasteiger partial charge >= 0.3 is 0 Å². The lowest BCUT2D eigenvalue weighted by Gasteiger charge is -2.19. The van der Waals surface area contributed by atoms with Gasteiger partial charge < -0.3 is 5.32 Å². The summed E-state index contributed by atoms with van der Waals surface area (Å²) in [5.74, 6) is -0.380. The molecule has 2 aromatic carbocycles. The van der Waals surface area contributed by atoms with Gasteiger partial charge in [-0.15, -0.1) is 0 Å². The van der Waals surface area contributed by atoms with Crippen LogP contribution in [0.15, 0.2) is 90.2 Å². The van der Waals surface area contributed by atoms with Gasteiger partial charge in [0.25, 0.3) is 15.9 Å². The summed E-state index contributed by atoms with van der Waals surface area (Å²) in [4.78, 5) is 21.4. The highest BCUT2D eigenvalue weighted by atomic mass is 32.2. The van der Waals surface area contributed by atoms with Crippen molar-refractivity contribution in [1.82, 2.24) is 15.3 Å². The molecule has 2 N–H and O–H groups in total. The zero-order chi connectivity index (χ0) is 22.6. The molecule has 0 spiro atoms. The van der Waals surface area contributed by atoms with Gasteiger partial charge in [-0.1, -0.05) is 43.3 Å². The van der Waals surface area contributed by atoms with E-state index in [4.69, 9.17) is 0 Å². The van der Waals surface area contributed by atoms with E-state index in [1.807, 2.05) is 19.1 Å². The lowest BCUT2D eigenvalue weighted by Crippen LogP contribution is -2.29. The average molecular weight is 447 g/mol. The number of benzene rings is 2. The number of hydrogen-bond acceptors (Lipinski definition) is 5. The Morgan fingerprint density at radius 3 is 2.53 bits per heavy atom. The van der Waals surface area contributed by atoms with E-state index in [0.717, 1.165) is 5.56 Å². The van der Waals surface area contributed by atoms with Gasteiger partial charge in [-0.25, -0.2) is 8.42 Å². The molecule has 0 fully saturated rings. The number of amides is 1. The minimum atomic E-state index is -3.98. The van der Waals surface area contributed by atoms with E-state index in [1.165, 1.54) is 6.07 Å². The summed E-state index contributed by atoms with van der Waals surface area (Å²) in [6.45, 7) is 1.96. The van der Waals surface area contributed by atoms with Crippen LogP contribution in [-0.2, 0) is 10.0 Å². The number of carbonyl (C=O) groups is 1. The minimum absolute atomic E-state index is 0.0487. The number of anilines is 1. The number of fused-ring (bicyclic) bond motifs is 1. The fraction of sp³-hybridized carbons (Fsp3) is 0.125. The summed E-state index contributed by atoms with van der Waals surface area (Å²) < 4.78 is 29.0. The Morgan fingerprint density at radius 1 is 0.969 bits per heavy atom. The molecule has 0 bridgehead atoms. The molecule has 8 heteroatoms. The van der Waals surface area contributed by atoms with Gasteiger partial charge in [0.15, 0.2) is 0 Å². The van der Waals surface area contributed by atoms with E-state index in [1.54, 1.807) is 67.1 Å². The number of aromatic nitrogens is 2. The molecule has 0 aliphatic heterocycles. The largest absolute Gasteiger partial charge is 0.345 e. The number of pyridine rings is 2. The van der Waals surface area contributed by atoms with E-state index in [2.05, 4.69) is 20.0 Å². The predicted octanol–water partition coefficient (Wildman–Crippen LogP) is 4.31. The molecule has 7 nitrogen and oxygen atoms in total. The molecular formula is C24H22N4O3S. The van der Waals surface area contributed by atoms with Crippen LogP contribution in [0.5, 0.6) is 0 Å². The fourth-order valence-corrected chi connectivity index (χ4v) is 4.76. The Balaban J connectivity index is 1.64. The van der Waals surface area contributed by atoms with Crippen molar-refractivity contribution in [3.05, 3.63) is 96.4 Å². The SMILES string of the molecule is CCC(NC(=O)c1ccccc1NS(=O)(=O)c1cccc2cccnc12)c1cccnc1. The predicted molar refractivity (Wildman–Crippen MR) is 124 cm³/mol. The molecule has 0 aliphatic carbocycles. The van der Waals surface area contributed by atoms with E-state index in [0.29, 0.717) is 17.3 Å². The third-order valence-electron chi connectivity index (χ3n) is 5.10. The zero-order valence-electron chi connectivity index (χ0n) is 17.4. The van der Waals surface area contributed by atoms with Gasteiger partial charge in [0.1, 0.15) is 4.90 Å². The number of carbonyl (C=O) groups excluding carboxylic acids is 1. The van der Waals surface area contributed by atoms with Crippen LogP contribution < -0.4 is 10.0 Å². The van der Waals surface area contributed by atoms with E-state index in [9.17, 15) is 13.2 Å². The highest BCUT2D eigenvalue weighted by Gasteiger charge is 2.22. The molecule has 0 aliphatic rings. The molecule has 32 heavy (non-hydrogen) atoms. The third-order valence-corrected chi connectivity index (χ3v) is 6.50. The number of sulfonamides is 1. The summed E-state index contributed by atoms with van der Waals surface area (Å²) in [7, 11) is -3.98. The third kappa shape index (κ3) is 4.45. The van der Waals surface area contributed by atoms with Crippen LogP contribution in [0.1, 0.15) is 35.3 Å². The molecule has 2 aromatic heterocycles. The lowest BCUT2D eigenvalue weighted by molar-refractivity contribution is 0.0936. The molecule has 1 atom stereocenters. The van der Waals surface area contributed by atoms with Gasteiger partial charge in [0.05, 0.1) is 22.8 Å². The maximum absolute atomic E-state index is 13.2. The van der Waals surface area contributed by atoms with Gasteiger partial charge in [-0.3, -0.25) is 19.5 Å². The first-order valence-electron chi connectivity index (χ1n) is 10.2. The second kappa shape index (κ2) is 9.15. The van der Waals surface area contributed by atoms with Crippen molar-refractivity contribution >= 4 is 32.5 Å². The maximum Gasteiger partial charge on any atom is 0.264 e. The smallest absolute Gasteiger partial charge is 0.264 e. The highest BCUT2D eigenvalue weighted by molar-refractivity contribution is 7.93. The first kappa shape index (κ1) is 21.5. The van der Waals surface area contributed by atoms with E-state index < -0.39 is 10.0 Å². The molecule has 1 unspecified atom stereocenters. The van der Waals surface area contributed by atoms with E-state index in [-0.39, 0.29) is 28.1 Å². The minimum Gasteiger partial charge on any atom is -0.345 e. The van der Waals surface area contributed by atoms with Gasteiger partial charge in [0, 0.05) is 24.0 Å². The second-order valence-electron chi connectivity index (χ2n) is 7.20. The van der Waals surface area contributed by atoms with Gasteiger partial charge in [0.2, 0.25) is 0 Å². The highest BCUT2D eigenvalue weighted by Crippen LogP contribution is 2.25. The Bertz CT molecular complexity index is 1350. The Labute approximate surface area is 186 Å². The summed E-state index contributed by atoms with van der Waals surface area (Å²) in [5.41, 5.74) is 1.67. The van der Waals surface area contributed by atoms with Crippen LogP contribution >= 0.6 is 0 Å². The van der Waals surface area contributed by atoms with Crippen LogP contribution in [0, 0.1) is 0 Å². The number of para-hydroxylation sites is 2. The molecular weight excluding hydrogens is 424 g/mol. The average Bonchev–Trinajstić information content (AvgIpc) is 2.82. The second-order valence-corrected chi connectivity index (χ2v) is 8.85. The molecule has 4 aromatic rings.